The number of aromatic nitrogens is 1. The number of pyridine rings is 1. The van der Waals surface area contributed by atoms with E-state index < -0.39 is 0 Å². The molecule has 1 aromatic heterocycles. The molecule has 0 spiro atoms. The van der Waals surface area contributed by atoms with Crippen LogP contribution in [0.3, 0.4) is 0 Å². The molecule has 0 atom stereocenters. The fourth-order valence-corrected chi connectivity index (χ4v) is 1.71. The summed E-state index contributed by atoms with van der Waals surface area (Å²) in [6.07, 6.45) is 7.66. The lowest BCUT2D eigenvalue weighted by Gasteiger charge is -2.06. The molecule has 3 heteroatoms. The molecule has 0 saturated carbocycles. The minimum atomic E-state index is 0.466. The van der Waals surface area contributed by atoms with E-state index in [2.05, 4.69) is 11.9 Å². The maximum atomic E-state index is 5.59. The monoisotopic (exact) mass is 236 g/mol. The van der Waals surface area contributed by atoms with Crippen LogP contribution in [0.4, 0.5) is 0 Å². The van der Waals surface area contributed by atoms with Gasteiger partial charge in [0.05, 0.1) is 12.3 Å². The molecule has 0 radical (unpaired) electrons. The lowest BCUT2D eigenvalue weighted by Crippen LogP contribution is -2.03. The molecular weight excluding hydrogens is 212 g/mol. The summed E-state index contributed by atoms with van der Waals surface area (Å²) in [6, 6.07) is 5.74. The Balaban J connectivity index is 2.09. The van der Waals surface area contributed by atoms with Gasteiger partial charge in [0.15, 0.2) is 0 Å². The lowest BCUT2D eigenvalue weighted by molar-refractivity contribution is 0.292. The third-order valence-corrected chi connectivity index (χ3v) is 2.74. The van der Waals surface area contributed by atoms with Crippen molar-refractivity contribution in [2.75, 3.05) is 6.61 Å². The quantitative estimate of drug-likeness (QED) is 0.669. The van der Waals surface area contributed by atoms with E-state index >= 15 is 0 Å². The van der Waals surface area contributed by atoms with Crippen LogP contribution in [0.2, 0.25) is 0 Å². The Kier molecular flexibility index (Phi) is 7.39. The average Bonchev–Trinajstić information content (AvgIpc) is 2.38. The largest absolute Gasteiger partial charge is 0.478 e. The predicted octanol–water partition coefficient (Wildman–Crippen LogP) is 3.28. The van der Waals surface area contributed by atoms with Crippen LogP contribution in [0.1, 0.15) is 51.1 Å². The van der Waals surface area contributed by atoms with Crippen molar-refractivity contribution in [2.24, 2.45) is 5.73 Å². The van der Waals surface area contributed by atoms with E-state index in [0.717, 1.165) is 18.7 Å². The van der Waals surface area contributed by atoms with Gasteiger partial charge < -0.3 is 10.5 Å². The highest BCUT2D eigenvalue weighted by Crippen LogP contribution is 2.09. The Bertz CT molecular complexity index is 302. The van der Waals surface area contributed by atoms with Gasteiger partial charge in [-0.15, -0.1) is 0 Å². The molecule has 0 aromatic carbocycles. The van der Waals surface area contributed by atoms with Crippen molar-refractivity contribution in [1.82, 2.24) is 4.98 Å². The summed E-state index contributed by atoms with van der Waals surface area (Å²) in [5.74, 6) is 0.696. The second kappa shape index (κ2) is 8.99. The smallest absolute Gasteiger partial charge is 0.213 e. The summed E-state index contributed by atoms with van der Waals surface area (Å²) in [4.78, 5) is 4.29. The highest BCUT2D eigenvalue weighted by Gasteiger charge is 1.97. The molecule has 1 heterocycles. The number of rotatable bonds is 9. The number of ether oxygens (including phenoxy) is 1. The van der Waals surface area contributed by atoms with Gasteiger partial charge in [0.1, 0.15) is 0 Å². The maximum absolute atomic E-state index is 5.59. The van der Waals surface area contributed by atoms with Crippen LogP contribution in [-0.4, -0.2) is 11.6 Å². The van der Waals surface area contributed by atoms with Gasteiger partial charge in [-0.2, -0.15) is 0 Å². The molecule has 0 unspecified atom stereocenters. The molecule has 1 rings (SSSR count). The van der Waals surface area contributed by atoms with E-state index in [1.54, 1.807) is 0 Å². The van der Waals surface area contributed by atoms with Crippen molar-refractivity contribution in [1.29, 1.82) is 0 Å². The van der Waals surface area contributed by atoms with Crippen molar-refractivity contribution >= 4 is 0 Å². The Morgan fingerprint density at radius 1 is 1.12 bits per heavy atom. The number of hydrogen-bond donors (Lipinski definition) is 1. The van der Waals surface area contributed by atoms with Gasteiger partial charge in [0.2, 0.25) is 5.88 Å². The van der Waals surface area contributed by atoms with Crippen molar-refractivity contribution in [3.05, 3.63) is 23.9 Å². The van der Waals surface area contributed by atoms with Crippen molar-refractivity contribution in [3.8, 4) is 5.88 Å². The SMILES string of the molecule is CCCCCCCCOc1cccc(CN)n1. The number of nitrogens with zero attached hydrogens (tertiary/aromatic N) is 1. The van der Waals surface area contributed by atoms with Crippen LogP contribution in [0.15, 0.2) is 18.2 Å². The molecular formula is C14H24N2O. The molecule has 2 N–H and O–H groups in total. The zero-order valence-corrected chi connectivity index (χ0v) is 10.8. The van der Waals surface area contributed by atoms with Crippen molar-refractivity contribution in [2.45, 2.75) is 52.0 Å². The molecule has 0 aliphatic rings. The van der Waals surface area contributed by atoms with Gasteiger partial charge in [-0.1, -0.05) is 45.1 Å². The van der Waals surface area contributed by atoms with Gasteiger partial charge in [0.25, 0.3) is 0 Å². The zero-order chi connectivity index (χ0) is 12.3. The summed E-state index contributed by atoms with van der Waals surface area (Å²) in [5, 5.41) is 0. The van der Waals surface area contributed by atoms with Crippen molar-refractivity contribution < 1.29 is 4.74 Å². The summed E-state index contributed by atoms with van der Waals surface area (Å²) in [7, 11) is 0. The molecule has 96 valence electrons. The van der Waals surface area contributed by atoms with Gasteiger partial charge in [0, 0.05) is 12.6 Å². The molecule has 0 saturated heterocycles. The average molecular weight is 236 g/mol. The van der Waals surface area contributed by atoms with E-state index in [1.807, 2.05) is 18.2 Å². The standard InChI is InChI=1S/C14H24N2O/c1-2-3-4-5-6-7-11-17-14-10-8-9-13(12-15)16-14/h8-10H,2-7,11-12,15H2,1H3. The van der Waals surface area contributed by atoms with Crippen LogP contribution in [0, 0.1) is 0 Å². The topological polar surface area (TPSA) is 48.1 Å². The van der Waals surface area contributed by atoms with E-state index in [1.165, 1.54) is 32.1 Å². The minimum Gasteiger partial charge on any atom is -0.478 e. The van der Waals surface area contributed by atoms with Crippen molar-refractivity contribution in [3.63, 3.8) is 0 Å². The lowest BCUT2D eigenvalue weighted by atomic mass is 10.1. The molecule has 3 nitrogen and oxygen atoms in total. The Morgan fingerprint density at radius 2 is 1.88 bits per heavy atom. The first-order valence-electron chi connectivity index (χ1n) is 6.65. The Hall–Kier alpha value is -1.09. The number of unbranched alkanes of at least 4 members (excludes halogenated alkanes) is 5. The van der Waals surface area contributed by atoms with Gasteiger partial charge in [-0.05, 0) is 12.5 Å². The van der Waals surface area contributed by atoms with Crippen LogP contribution >= 0.6 is 0 Å². The molecule has 1 aromatic rings. The number of nitrogens with two attached hydrogens (primary N) is 1. The summed E-state index contributed by atoms with van der Waals surface area (Å²) < 4.78 is 5.59. The predicted molar refractivity (Wildman–Crippen MR) is 71.0 cm³/mol. The highest BCUT2D eigenvalue weighted by molar-refractivity contribution is 5.15. The Morgan fingerprint density at radius 3 is 2.65 bits per heavy atom. The van der Waals surface area contributed by atoms with Crippen LogP contribution in [0.5, 0.6) is 5.88 Å². The third-order valence-electron chi connectivity index (χ3n) is 2.74. The van der Waals surface area contributed by atoms with Crippen LogP contribution < -0.4 is 10.5 Å². The van der Waals surface area contributed by atoms with E-state index in [-0.39, 0.29) is 0 Å². The summed E-state index contributed by atoms with van der Waals surface area (Å²) in [5.41, 5.74) is 6.40. The van der Waals surface area contributed by atoms with Crippen LogP contribution in [-0.2, 0) is 6.54 Å². The highest BCUT2D eigenvalue weighted by atomic mass is 16.5. The van der Waals surface area contributed by atoms with E-state index in [0.29, 0.717) is 12.4 Å². The molecule has 0 aliphatic carbocycles. The first-order valence-corrected chi connectivity index (χ1v) is 6.65. The summed E-state index contributed by atoms with van der Waals surface area (Å²) >= 11 is 0. The maximum Gasteiger partial charge on any atom is 0.213 e. The normalized spacial score (nSPS) is 10.5. The van der Waals surface area contributed by atoms with Gasteiger partial charge in [-0.25, -0.2) is 4.98 Å². The molecule has 0 aliphatic heterocycles. The molecule has 0 fully saturated rings. The second-order valence-electron chi connectivity index (χ2n) is 4.29. The first-order chi connectivity index (χ1) is 8.36. The first kappa shape index (κ1) is 14.0. The second-order valence-corrected chi connectivity index (χ2v) is 4.29. The Labute approximate surface area is 104 Å². The number of hydrogen-bond acceptors (Lipinski definition) is 3. The van der Waals surface area contributed by atoms with E-state index in [4.69, 9.17) is 10.5 Å². The molecule has 0 bridgehead atoms. The van der Waals surface area contributed by atoms with Gasteiger partial charge >= 0.3 is 0 Å². The van der Waals surface area contributed by atoms with Crippen LogP contribution in [0.25, 0.3) is 0 Å². The zero-order valence-electron chi connectivity index (χ0n) is 10.8. The van der Waals surface area contributed by atoms with Gasteiger partial charge in [-0.3, -0.25) is 0 Å². The fourth-order valence-electron chi connectivity index (χ4n) is 1.71. The fraction of sp³-hybridized carbons (Fsp3) is 0.643. The third kappa shape index (κ3) is 6.27. The van der Waals surface area contributed by atoms with E-state index in [9.17, 15) is 0 Å². The summed E-state index contributed by atoms with van der Waals surface area (Å²) in [6.45, 7) is 3.46. The molecule has 0 amide bonds. The molecule has 17 heavy (non-hydrogen) atoms. The minimum absolute atomic E-state index is 0.466.